The van der Waals surface area contributed by atoms with Gasteiger partial charge in [-0.05, 0) is 66.2 Å². The van der Waals surface area contributed by atoms with Gasteiger partial charge in [0.05, 0.1) is 5.69 Å². The quantitative estimate of drug-likeness (QED) is 0.749. The number of urea groups is 1. The first-order chi connectivity index (χ1) is 9.74. The van der Waals surface area contributed by atoms with E-state index in [1.807, 2.05) is 6.92 Å². The maximum atomic E-state index is 12.1. The van der Waals surface area contributed by atoms with Gasteiger partial charge in [-0.1, -0.05) is 11.6 Å². The van der Waals surface area contributed by atoms with E-state index in [9.17, 15) is 14.7 Å². The van der Waals surface area contributed by atoms with Crippen molar-refractivity contribution in [2.75, 3.05) is 5.32 Å². The lowest BCUT2D eigenvalue weighted by Gasteiger charge is -2.26. The van der Waals surface area contributed by atoms with Gasteiger partial charge < -0.3 is 15.7 Å². The van der Waals surface area contributed by atoms with E-state index < -0.39 is 17.5 Å². The van der Waals surface area contributed by atoms with Crippen molar-refractivity contribution >= 4 is 45.2 Å². The van der Waals surface area contributed by atoms with Crippen molar-refractivity contribution < 1.29 is 14.7 Å². The van der Waals surface area contributed by atoms with Crippen molar-refractivity contribution in [2.45, 2.75) is 32.2 Å². The van der Waals surface area contributed by atoms with E-state index >= 15 is 0 Å². The Hall–Kier alpha value is -1.27. The van der Waals surface area contributed by atoms with E-state index in [1.54, 1.807) is 12.1 Å². The number of halogens is 2. The number of carbonyl (C=O) groups is 2. The van der Waals surface area contributed by atoms with Crippen LogP contribution in [-0.4, -0.2) is 22.6 Å². The molecule has 0 saturated heterocycles. The highest BCUT2D eigenvalue weighted by atomic mass is 79.9. The number of aryl methyl sites for hydroxylation is 1. The van der Waals surface area contributed by atoms with Crippen molar-refractivity contribution in [1.82, 2.24) is 5.32 Å². The molecule has 1 saturated carbocycles. The first-order valence-corrected chi connectivity index (χ1v) is 7.69. The lowest BCUT2D eigenvalue weighted by atomic mass is 9.96. The summed E-state index contributed by atoms with van der Waals surface area (Å²) in [6, 6.07) is 2.85. The molecule has 2 rings (SSSR count). The van der Waals surface area contributed by atoms with E-state index in [1.165, 1.54) is 6.92 Å². The summed E-state index contributed by atoms with van der Waals surface area (Å²) in [6.07, 6.45) is 1.62. The molecule has 1 aromatic rings. The van der Waals surface area contributed by atoms with E-state index in [2.05, 4.69) is 26.6 Å². The fourth-order valence-electron chi connectivity index (χ4n) is 2.12. The molecule has 0 aliphatic heterocycles. The summed E-state index contributed by atoms with van der Waals surface area (Å²) in [5.74, 6) is -1.05. The van der Waals surface area contributed by atoms with Crippen LogP contribution in [0.1, 0.15) is 25.3 Å². The molecular weight excluding hydrogens is 360 g/mol. The number of anilines is 1. The second-order valence-corrected chi connectivity index (χ2v) is 6.70. The zero-order chi connectivity index (χ0) is 15.8. The fourth-order valence-corrected chi connectivity index (χ4v) is 2.84. The Bertz CT molecular complexity index is 604. The molecule has 0 spiro atoms. The Morgan fingerprint density at radius 2 is 2.05 bits per heavy atom. The number of aliphatic carboxylic acids is 1. The lowest BCUT2D eigenvalue weighted by Crippen LogP contribution is -2.55. The Labute approximate surface area is 136 Å². The molecule has 21 heavy (non-hydrogen) atoms. The second kappa shape index (κ2) is 5.85. The number of carbonyl (C=O) groups excluding carboxylic acids is 1. The van der Waals surface area contributed by atoms with Crippen LogP contribution >= 0.6 is 27.5 Å². The maximum Gasteiger partial charge on any atom is 0.329 e. The van der Waals surface area contributed by atoms with Crippen LogP contribution in [-0.2, 0) is 4.79 Å². The molecule has 5 nitrogen and oxygen atoms in total. The van der Waals surface area contributed by atoms with Gasteiger partial charge in [0.25, 0.3) is 0 Å². The molecule has 1 aliphatic rings. The van der Waals surface area contributed by atoms with E-state index in [-0.39, 0.29) is 5.92 Å². The molecule has 0 bridgehead atoms. The Balaban J connectivity index is 2.11. The monoisotopic (exact) mass is 374 g/mol. The Morgan fingerprint density at radius 3 is 2.57 bits per heavy atom. The first-order valence-electron chi connectivity index (χ1n) is 6.52. The molecule has 7 heteroatoms. The normalized spacial score (nSPS) is 17.0. The topological polar surface area (TPSA) is 78.4 Å². The predicted molar refractivity (Wildman–Crippen MR) is 84.8 cm³/mol. The SMILES string of the molecule is Cc1cc(Br)c(NC(=O)NC(C)(C(=O)O)C2CC2)cc1Cl. The number of hydrogen-bond donors (Lipinski definition) is 3. The first kappa shape index (κ1) is 16.1. The van der Waals surface area contributed by atoms with Crippen molar-refractivity contribution in [1.29, 1.82) is 0 Å². The Kier molecular flexibility index (Phi) is 4.49. The third-order valence-electron chi connectivity index (χ3n) is 3.71. The van der Waals surface area contributed by atoms with Crippen LogP contribution < -0.4 is 10.6 Å². The summed E-state index contributed by atoms with van der Waals surface area (Å²) in [5.41, 5.74) is 0.125. The number of hydrogen-bond acceptors (Lipinski definition) is 2. The van der Waals surface area contributed by atoms with Gasteiger partial charge in [-0.2, -0.15) is 0 Å². The third-order valence-corrected chi connectivity index (χ3v) is 4.77. The minimum atomic E-state index is -1.24. The molecule has 1 unspecified atom stereocenters. The molecular formula is C14H16BrClN2O3. The summed E-state index contributed by atoms with van der Waals surface area (Å²) in [5, 5.41) is 15.0. The highest BCUT2D eigenvalue weighted by Crippen LogP contribution is 2.39. The minimum absolute atomic E-state index is 0.0224. The molecule has 1 aliphatic carbocycles. The van der Waals surface area contributed by atoms with Crippen molar-refractivity contribution in [2.24, 2.45) is 5.92 Å². The molecule has 0 heterocycles. The molecule has 2 amide bonds. The van der Waals surface area contributed by atoms with Crippen LogP contribution in [0.15, 0.2) is 16.6 Å². The van der Waals surface area contributed by atoms with Gasteiger partial charge in [-0.15, -0.1) is 0 Å². The van der Waals surface area contributed by atoms with Crippen LogP contribution in [0.5, 0.6) is 0 Å². The zero-order valence-electron chi connectivity index (χ0n) is 11.7. The average molecular weight is 376 g/mol. The van der Waals surface area contributed by atoms with Gasteiger partial charge in [0.2, 0.25) is 0 Å². The Morgan fingerprint density at radius 1 is 1.43 bits per heavy atom. The van der Waals surface area contributed by atoms with Gasteiger partial charge in [0, 0.05) is 9.50 Å². The second-order valence-electron chi connectivity index (χ2n) is 5.44. The molecule has 0 aromatic heterocycles. The highest BCUT2D eigenvalue weighted by molar-refractivity contribution is 9.10. The van der Waals surface area contributed by atoms with Gasteiger partial charge in [-0.25, -0.2) is 9.59 Å². The number of carboxylic acid groups (broad SMARTS) is 1. The molecule has 1 fully saturated rings. The molecule has 1 aromatic carbocycles. The number of carboxylic acids is 1. The molecule has 0 radical (unpaired) electrons. The predicted octanol–water partition coefficient (Wildman–Crippen LogP) is 3.79. The fraction of sp³-hybridized carbons (Fsp3) is 0.429. The average Bonchev–Trinajstić information content (AvgIpc) is 3.19. The summed E-state index contributed by atoms with van der Waals surface area (Å²) in [6.45, 7) is 3.38. The third kappa shape index (κ3) is 3.49. The van der Waals surface area contributed by atoms with Gasteiger partial charge in [-0.3, -0.25) is 0 Å². The number of benzene rings is 1. The zero-order valence-corrected chi connectivity index (χ0v) is 14.0. The minimum Gasteiger partial charge on any atom is -0.480 e. The molecule has 114 valence electrons. The van der Waals surface area contributed by atoms with Crippen molar-refractivity contribution in [3.05, 3.63) is 27.2 Å². The summed E-state index contributed by atoms with van der Waals surface area (Å²) >= 11 is 9.37. The maximum absolute atomic E-state index is 12.1. The van der Waals surface area contributed by atoms with Crippen LogP contribution in [0.2, 0.25) is 5.02 Å². The number of nitrogens with one attached hydrogen (secondary N) is 2. The molecule has 1 atom stereocenters. The van der Waals surface area contributed by atoms with Crippen LogP contribution in [0.3, 0.4) is 0 Å². The van der Waals surface area contributed by atoms with Crippen LogP contribution in [0.4, 0.5) is 10.5 Å². The van der Waals surface area contributed by atoms with Gasteiger partial charge >= 0.3 is 12.0 Å². The molecule has 3 N–H and O–H groups in total. The number of rotatable bonds is 4. The largest absolute Gasteiger partial charge is 0.480 e. The summed E-state index contributed by atoms with van der Waals surface area (Å²) < 4.78 is 0.683. The number of amides is 2. The highest BCUT2D eigenvalue weighted by Gasteiger charge is 2.48. The summed E-state index contributed by atoms with van der Waals surface area (Å²) in [4.78, 5) is 23.4. The standard InChI is InChI=1S/C14H16BrClN2O3/c1-7-5-9(15)11(6-10(7)16)17-13(21)18-14(2,12(19)20)8-3-4-8/h5-6,8H,3-4H2,1-2H3,(H,19,20)(H2,17,18,21). The summed E-state index contributed by atoms with van der Waals surface area (Å²) in [7, 11) is 0. The lowest BCUT2D eigenvalue weighted by molar-refractivity contribution is -0.144. The van der Waals surface area contributed by atoms with E-state index in [4.69, 9.17) is 11.6 Å². The van der Waals surface area contributed by atoms with Crippen molar-refractivity contribution in [3.8, 4) is 0 Å². The smallest absolute Gasteiger partial charge is 0.329 e. The van der Waals surface area contributed by atoms with Crippen LogP contribution in [0, 0.1) is 12.8 Å². The van der Waals surface area contributed by atoms with Crippen LogP contribution in [0.25, 0.3) is 0 Å². The van der Waals surface area contributed by atoms with E-state index in [0.29, 0.717) is 15.2 Å². The van der Waals surface area contributed by atoms with Gasteiger partial charge in [0.15, 0.2) is 0 Å². The van der Waals surface area contributed by atoms with E-state index in [0.717, 1.165) is 18.4 Å². The van der Waals surface area contributed by atoms with Crippen molar-refractivity contribution in [3.63, 3.8) is 0 Å². The van der Waals surface area contributed by atoms with Gasteiger partial charge in [0.1, 0.15) is 5.54 Å².